The molecule has 0 saturated carbocycles. The Kier molecular flexibility index (Phi) is 7.47. The number of hydrogen-bond acceptors (Lipinski definition) is 6. The van der Waals surface area contributed by atoms with Crippen LogP contribution in [-0.2, 0) is 10.5 Å². The Bertz CT molecular complexity index is 1120. The fraction of sp³-hybridized carbons (Fsp3) is 0.348. The smallest absolute Gasteiger partial charge is 0.269 e. The Hall–Kier alpha value is -3.27. The van der Waals surface area contributed by atoms with Gasteiger partial charge in [0, 0.05) is 30.0 Å². The summed E-state index contributed by atoms with van der Waals surface area (Å²) in [5.41, 5.74) is 1.36. The molecule has 0 saturated heterocycles. The maximum absolute atomic E-state index is 13.2. The number of nitrogens with zero attached hydrogens (tertiary/aromatic N) is 4. The average molecular weight is 472 g/mol. The van der Waals surface area contributed by atoms with Gasteiger partial charge >= 0.3 is 0 Å². The molecule has 1 N–H and O–H groups in total. The minimum atomic E-state index is -0.462. The molecule has 174 valence electrons. The second kappa shape index (κ2) is 10.1. The molecule has 0 fully saturated rings. The molecule has 0 aliphatic heterocycles. The van der Waals surface area contributed by atoms with Gasteiger partial charge in [-0.15, -0.1) is 10.2 Å². The van der Waals surface area contributed by atoms with Crippen molar-refractivity contribution in [1.82, 2.24) is 20.1 Å². The lowest BCUT2D eigenvalue weighted by molar-refractivity contribution is -0.384. The average Bonchev–Trinajstić information content (AvgIpc) is 3.16. The zero-order valence-electron chi connectivity index (χ0n) is 18.9. The predicted molar refractivity (Wildman–Crippen MR) is 125 cm³/mol. The van der Waals surface area contributed by atoms with Crippen LogP contribution < -0.4 is 5.32 Å². The van der Waals surface area contributed by atoms with Gasteiger partial charge in [0.15, 0.2) is 11.0 Å². The van der Waals surface area contributed by atoms with Crippen molar-refractivity contribution in [3.05, 3.63) is 75.9 Å². The van der Waals surface area contributed by atoms with Gasteiger partial charge in [0.1, 0.15) is 5.82 Å². The van der Waals surface area contributed by atoms with Gasteiger partial charge in [0.25, 0.3) is 5.69 Å². The van der Waals surface area contributed by atoms with Crippen LogP contribution in [0.25, 0.3) is 5.69 Å². The van der Waals surface area contributed by atoms with Crippen LogP contribution in [0.15, 0.2) is 53.7 Å². The number of carbonyl (C=O) groups is 1. The van der Waals surface area contributed by atoms with Gasteiger partial charge in [0.05, 0.1) is 11.0 Å². The first-order chi connectivity index (χ1) is 15.5. The van der Waals surface area contributed by atoms with Crippen molar-refractivity contribution in [1.29, 1.82) is 0 Å². The molecule has 0 aliphatic rings. The number of rotatable bonds is 8. The van der Waals surface area contributed by atoms with E-state index in [1.54, 1.807) is 28.8 Å². The standard InChI is InChI=1S/C23H26FN5O3S/c1-15(25-20(30)13-23(2,3)4)21-26-27-22(33-14-16-5-7-17(24)8-6-16)28(21)18-9-11-19(12-10-18)29(31)32/h5-12,15H,13-14H2,1-4H3,(H,25,30). The number of benzene rings is 2. The summed E-state index contributed by atoms with van der Waals surface area (Å²) < 4.78 is 15.0. The third-order valence-electron chi connectivity index (χ3n) is 4.71. The van der Waals surface area contributed by atoms with Gasteiger partial charge in [-0.2, -0.15) is 0 Å². The van der Waals surface area contributed by atoms with Crippen LogP contribution in [0.1, 0.15) is 51.5 Å². The topological polar surface area (TPSA) is 103 Å². The van der Waals surface area contributed by atoms with E-state index in [1.807, 2.05) is 27.7 Å². The van der Waals surface area contributed by atoms with Gasteiger partial charge in [-0.05, 0) is 42.2 Å². The number of carbonyl (C=O) groups excluding carboxylic acids is 1. The molecule has 1 unspecified atom stereocenters. The van der Waals surface area contributed by atoms with E-state index in [1.165, 1.54) is 36.0 Å². The molecular weight excluding hydrogens is 445 g/mol. The minimum Gasteiger partial charge on any atom is -0.346 e. The number of non-ortho nitro benzene ring substituents is 1. The zero-order valence-corrected chi connectivity index (χ0v) is 19.7. The van der Waals surface area contributed by atoms with E-state index in [0.29, 0.717) is 28.8 Å². The molecule has 3 rings (SSSR count). The number of hydrogen-bond donors (Lipinski definition) is 1. The first-order valence-corrected chi connectivity index (χ1v) is 11.4. The van der Waals surface area contributed by atoms with Gasteiger partial charge in [-0.3, -0.25) is 19.5 Å². The Morgan fingerprint density at radius 3 is 2.36 bits per heavy atom. The number of nitrogens with one attached hydrogen (secondary N) is 1. The lowest BCUT2D eigenvalue weighted by Crippen LogP contribution is -2.31. The number of nitro benzene ring substituents is 1. The summed E-state index contributed by atoms with van der Waals surface area (Å²) >= 11 is 1.40. The molecule has 1 aromatic heterocycles. The van der Waals surface area contributed by atoms with Crippen molar-refractivity contribution in [2.24, 2.45) is 5.41 Å². The molecule has 33 heavy (non-hydrogen) atoms. The summed E-state index contributed by atoms with van der Waals surface area (Å²) in [5.74, 6) is 0.622. The second-order valence-corrected chi connectivity index (χ2v) is 9.83. The van der Waals surface area contributed by atoms with Crippen LogP contribution in [0.2, 0.25) is 0 Å². The largest absolute Gasteiger partial charge is 0.346 e. The van der Waals surface area contributed by atoms with Crippen molar-refractivity contribution in [2.45, 2.75) is 51.1 Å². The fourth-order valence-electron chi connectivity index (χ4n) is 3.19. The Labute approximate surface area is 195 Å². The molecule has 3 aromatic rings. The number of nitro groups is 1. The van der Waals surface area contributed by atoms with Crippen molar-refractivity contribution < 1.29 is 14.1 Å². The van der Waals surface area contributed by atoms with E-state index in [2.05, 4.69) is 15.5 Å². The molecule has 1 amide bonds. The van der Waals surface area contributed by atoms with Crippen LogP contribution in [0.5, 0.6) is 0 Å². The van der Waals surface area contributed by atoms with Crippen LogP contribution in [0.3, 0.4) is 0 Å². The third-order valence-corrected chi connectivity index (χ3v) is 5.71. The maximum atomic E-state index is 13.2. The summed E-state index contributed by atoms with van der Waals surface area (Å²) in [6.07, 6.45) is 0.356. The number of aromatic nitrogens is 3. The van der Waals surface area contributed by atoms with Crippen LogP contribution in [0, 0.1) is 21.3 Å². The van der Waals surface area contributed by atoms with Gasteiger partial charge in [-0.1, -0.05) is 44.7 Å². The summed E-state index contributed by atoms with van der Waals surface area (Å²) in [4.78, 5) is 23.1. The third kappa shape index (κ3) is 6.61. The summed E-state index contributed by atoms with van der Waals surface area (Å²) in [6.45, 7) is 7.78. The summed E-state index contributed by atoms with van der Waals surface area (Å²) in [7, 11) is 0. The van der Waals surface area contributed by atoms with Crippen molar-refractivity contribution in [3.8, 4) is 5.69 Å². The van der Waals surface area contributed by atoms with Crippen LogP contribution in [-0.4, -0.2) is 25.6 Å². The Morgan fingerprint density at radius 2 is 1.79 bits per heavy atom. The highest BCUT2D eigenvalue weighted by Crippen LogP contribution is 2.29. The molecule has 0 radical (unpaired) electrons. The Balaban J connectivity index is 1.90. The van der Waals surface area contributed by atoms with Gasteiger partial charge < -0.3 is 5.32 Å². The fourth-order valence-corrected chi connectivity index (χ4v) is 4.10. The SMILES string of the molecule is CC(NC(=O)CC(C)(C)C)c1nnc(SCc2ccc(F)cc2)n1-c1ccc([N+](=O)[O-])cc1. The number of halogens is 1. The molecule has 10 heteroatoms. The quantitative estimate of drug-likeness (QED) is 0.274. The first-order valence-electron chi connectivity index (χ1n) is 10.4. The number of thioether (sulfide) groups is 1. The van der Waals surface area contributed by atoms with Crippen LogP contribution in [0.4, 0.5) is 10.1 Å². The minimum absolute atomic E-state index is 0.0274. The van der Waals surface area contributed by atoms with E-state index in [4.69, 9.17) is 0 Å². The lowest BCUT2D eigenvalue weighted by atomic mass is 9.92. The molecule has 8 nitrogen and oxygen atoms in total. The van der Waals surface area contributed by atoms with E-state index in [9.17, 15) is 19.3 Å². The molecule has 1 atom stereocenters. The number of amides is 1. The molecule has 1 heterocycles. The molecule has 0 spiro atoms. The monoisotopic (exact) mass is 471 g/mol. The van der Waals surface area contributed by atoms with E-state index < -0.39 is 11.0 Å². The van der Waals surface area contributed by atoms with Crippen molar-refractivity contribution >= 4 is 23.4 Å². The summed E-state index contributed by atoms with van der Waals surface area (Å²) in [5, 5.41) is 23.2. The van der Waals surface area contributed by atoms with E-state index >= 15 is 0 Å². The van der Waals surface area contributed by atoms with Gasteiger partial charge in [0.2, 0.25) is 5.91 Å². The second-order valence-electron chi connectivity index (χ2n) is 8.89. The predicted octanol–water partition coefficient (Wildman–Crippen LogP) is 5.22. The van der Waals surface area contributed by atoms with Crippen LogP contribution >= 0.6 is 11.8 Å². The van der Waals surface area contributed by atoms with Gasteiger partial charge in [-0.25, -0.2) is 4.39 Å². The highest BCUT2D eigenvalue weighted by atomic mass is 32.2. The zero-order chi connectivity index (χ0) is 24.2. The van der Waals surface area contributed by atoms with Crippen molar-refractivity contribution in [2.75, 3.05) is 0 Å². The highest BCUT2D eigenvalue weighted by Gasteiger charge is 2.23. The molecule has 2 aromatic carbocycles. The normalized spacial score (nSPS) is 12.4. The van der Waals surface area contributed by atoms with E-state index in [-0.39, 0.29) is 22.8 Å². The lowest BCUT2D eigenvalue weighted by Gasteiger charge is -2.20. The molecule has 0 bridgehead atoms. The molecule has 0 aliphatic carbocycles. The summed E-state index contributed by atoms with van der Waals surface area (Å²) in [6, 6.07) is 11.8. The molecular formula is C23H26FN5O3S. The van der Waals surface area contributed by atoms with E-state index in [0.717, 1.165) is 5.56 Å². The van der Waals surface area contributed by atoms with Crippen molar-refractivity contribution in [3.63, 3.8) is 0 Å². The first kappa shape index (κ1) is 24.4. The maximum Gasteiger partial charge on any atom is 0.269 e. The highest BCUT2D eigenvalue weighted by molar-refractivity contribution is 7.98. The Morgan fingerprint density at radius 1 is 1.15 bits per heavy atom.